The predicted octanol–water partition coefficient (Wildman–Crippen LogP) is 0.762. The third kappa shape index (κ3) is 2.85. The van der Waals surface area contributed by atoms with Crippen molar-refractivity contribution in [1.29, 1.82) is 0 Å². The van der Waals surface area contributed by atoms with Gasteiger partial charge in [-0.15, -0.1) is 10.2 Å². The van der Waals surface area contributed by atoms with Crippen LogP contribution in [0.5, 0.6) is 0 Å². The molecular weight excluding hydrogens is 292 g/mol. The molecule has 1 saturated heterocycles. The quantitative estimate of drug-likeness (QED) is 0.901. The lowest BCUT2D eigenvalue weighted by Gasteiger charge is -2.34. The van der Waals surface area contributed by atoms with Crippen LogP contribution in [-0.2, 0) is 4.79 Å². The number of carbonyl (C=O) groups is 2. The molecule has 7 nitrogen and oxygen atoms in total. The second-order valence-corrected chi connectivity index (χ2v) is 5.99. The minimum Gasteiger partial charge on any atom is -0.481 e. The number of nitrogens with zero attached hydrogens (tertiary/aromatic N) is 4. The zero-order chi connectivity index (χ0) is 14.8. The van der Waals surface area contributed by atoms with E-state index in [9.17, 15) is 9.59 Å². The highest BCUT2D eigenvalue weighted by molar-refractivity contribution is 7.99. The SMILES string of the molecule is O=C(O)CC1CSCCN1C(=O)c1ccc2nncn2c1. The Kier molecular flexibility index (Phi) is 3.78. The summed E-state index contributed by atoms with van der Waals surface area (Å²) in [5.74, 6) is 0.468. The summed E-state index contributed by atoms with van der Waals surface area (Å²) < 4.78 is 1.68. The molecule has 8 heteroatoms. The lowest BCUT2D eigenvalue weighted by atomic mass is 10.1. The summed E-state index contributed by atoms with van der Waals surface area (Å²) in [5.41, 5.74) is 1.19. The van der Waals surface area contributed by atoms with Gasteiger partial charge in [-0.3, -0.25) is 14.0 Å². The van der Waals surface area contributed by atoms with Gasteiger partial charge in [0, 0.05) is 24.2 Å². The number of aromatic nitrogens is 3. The zero-order valence-corrected chi connectivity index (χ0v) is 12.0. The number of carboxylic acid groups (broad SMARTS) is 1. The smallest absolute Gasteiger partial charge is 0.305 e. The maximum absolute atomic E-state index is 12.6. The monoisotopic (exact) mass is 306 g/mol. The van der Waals surface area contributed by atoms with Crippen molar-refractivity contribution in [2.75, 3.05) is 18.1 Å². The number of carboxylic acids is 1. The van der Waals surface area contributed by atoms with Crippen molar-refractivity contribution in [2.45, 2.75) is 12.5 Å². The fraction of sp³-hybridized carbons (Fsp3) is 0.385. The summed E-state index contributed by atoms with van der Waals surface area (Å²) in [6.45, 7) is 0.571. The summed E-state index contributed by atoms with van der Waals surface area (Å²) in [6.07, 6.45) is 3.19. The molecule has 0 bridgehead atoms. The normalized spacial score (nSPS) is 18.9. The number of carbonyl (C=O) groups excluding carboxylic acids is 1. The Hall–Kier alpha value is -2.09. The molecule has 0 aliphatic carbocycles. The first-order valence-corrected chi connectivity index (χ1v) is 7.70. The van der Waals surface area contributed by atoms with E-state index in [1.807, 2.05) is 0 Å². The van der Waals surface area contributed by atoms with Crippen LogP contribution in [0.2, 0.25) is 0 Å². The molecule has 2 aromatic rings. The Bertz CT molecular complexity index is 687. The van der Waals surface area contributed by atoms with Gasteiger partial charge >= 0.3 is 5.97 Å². The number of fused-ring (bicyclic) bond motifs is 1. The van der Waals surface area contributed by atoms with E-state index in [0.29, 0.717) is 23.5 Å². The number of pyridine rings is 1. The van der Waals surface area contributed by atoms with E-state index < -0.39 is 5.97 Å². The third-order valence-electron chi connectivity index (χ3n) is 3.44. The Morgan fingerprint density at radius 2 is 2.29 bits per heavy atom. The lowest BCUT2D eigenvalue weighted by Crippen LogP contribution is -2.47. The number of hydrogen-bond acceptors (Lipinski definition) is 5. The average molecular weight is 306 g/mol. The summed E-state index contributed by atoms with van der Waals surface area (Å²) in [4.78, 5) is 25.2. The van der Waals surface area contributed by atoms with E-state index in [-0.39, 0.29) is 18.4 Å². The molecule has 0 spiro atoms. The average Bonchev–Trinajstić information content (AvgIpc) is 2.94. The Morgan fingerprint density at radius 1 is 1.43 bits per heavy atom. The van der Waals surface area contributed by atoms with Crippen LogP contribution in [0.4, 0.5) is 0 Å². The highest BCUT2D eigenvalue weighted by atomic mass is 32.2. The zero-order valence-electron chi connectivity index (χ0n) is 11.2. The Labute approximate surface area is 125 Å². The van der Waals surface area contributed by atoms with Gasteiger partial charge in [-0.2, -0.15) is 11.8 Å². The summed E-state index contributed by atoms with van der Waals surface area (Å²) in [6, 6.07) is 3.17. The first-order valence-electron chi connectivity index (χ1n) is 6.55. The molecule has 3 rings (SSSR count). The maximum Gasteiger partial charge on any atom is 0.305 e. The van der Waals surface area contributed by atoms with E-state index in [1.165, 1.54) is 6.33 Å². The molecule has 1 fully saturated rings. The van der Waals surface area contributed by atoms with Crippen molar-refractivity contribution >= 4 is 29.3 Å². The summed E-state index contributed by atoms with van der Waals surface area (Å²) in [7, 11) is 0. The van der Waals surface area contributed by atoms with Crippen LogP contribution in [0.1, 0.15) is 16.8 Å². The largest absolute Gasteiger partial charge is 0.481 e. The fourth-order valence-electron chi connectivity index (χ4n) is 2.41. The fourth-order valence-corrected chi connectivity index (χ4v) is 3.47. The highest BCUT2D eigenvalue weighted by Gasteiger charge is 2.29. The molecule has 1 amide bonds. The molecule has 0 radical (unpaired) electrons. The maximum atomic E-state index is 12.6. The van der Waals surface area contributed by atoms with Gasteiger partial charge in [0.2, 0.25) is 0 Å². The molecule has 3 heterocycles. The molecule has 110 valence electrons. The number of aliphatic carboxylic acids is 1. The van der Waals surface area contributed by atoms with Crippen molar-refractivity contribution in [1.82, 2.24) is 19.5 Å². The van der Waals surface area contributed by atoms with Crippen molar-refractivity contribution in [3.63, 3.8) is 0 Å². The van der Waals surface area contributed by atoms with Crippen LogP contribution in [0, 0.1) is 0 Å². The third-order valence-corrected chi connectivity index (χ3v) is 4.53. The van der Waals surface area contributed by atoms with Gasteiger partial charge < -0.3 is 10.0 Å². The van der Waals surface area contributed by atoms with Crippen LogP contribution >= 0.6 is 11.8 Å². The van der Waals surface area contributed by atoms with Gasteiger partial charge in [0.15, 0.2) is 5.65 Å². The first-order chi connectivity index (χ1) is 10.1. The van der Waals surface area contributed by atoms with Gasteiger partial charge in [0.25, 0.3) is 5.91 Å². The Morgan fingerprint density at radius 3 is 3.10 bits per heavy atom. The molecule has 1 aliphatic heterocycles. The molecular formula is C13H14N4O3S. The number of thioether (sulfide) groups is 1. The second kappa shape index (κ2) is 5.72. The number of rotatable bonds is 3. The van der Waals surface area contributed by atoms with Gasteiger partial charge in [0.05, 0.1) is 18.0 Å². The molecule has 1 N–H and O–H groups in total. The van der Waals surface area contributed by atoms with E-state index >= 15 is 0 Å². The van der Waals surface area contributed by atoms with E-state index in [4.69, 9.17) is 5.11 Å². The van der Waals surface area contributed by atoms with Gasteiger partial charge in [-0.25, -0.2) is 0 Å². The molecule has 0 aromatic carbocycles. The molecule has 21 heavy (non-hydrogen) atoms. The first kappa shape index (κ1) is 13.9. The van der Waals surface area contributed by atoms with Crippen LogP contribution in [0.3, 0.4) is 0 Å². The van der Waals surface area contributed by atoms with Crippen LogP contribution in [0.25, 0.3) is 5.65 Å². The van der Waals surface area contributed by atoms with E-state index in [1.54, 1.807) is 39.4 Å². The number of hydrogen-bond donors (Lipinski definition) is 1. The van der Waals surface area contributed by atoms with Crippen molar-refractivity contribution in [2.24, 2.45) is 0 Å². The standard InChI is InChI=1S/C13H14N4O3S/c18-12(19)5-10-7-21-4-3-17(10)13(20)9-1-2-11-15-14-8-16(11)6-9/h1-2,6,8,10H,3-5,7H2,(H,18,19). The summed E-state index contributed by atoms with van der Waals surface area (Å²) >= 11 is 1.68. The van der Waals surface area contributed by atoms with Crippen molar-refractivity contribution in [3.05, 3.63) is 30.2 Å². The van der Waals surface area contributed by atoms with Gasteiger partial charge in [-0.05, 0) is 12.1 Å². The summed E-state index contributed by atoms with van der Waals surface area (Å²) in [5, 5.41) is 16.7. The lowest BCUT2D eigenvalue weighted by molar-refractivity contribution is -0.138. The van der Waals surface area contributed by atoms with Crippen molar-refractivity contribution in [3.8, 4) is 0 Å². The van der Waals surface area contributed by atoms with E-state index in [2.05, 4.69) is 10.2 Å². The minimum atomic E-state index is -0.880. The van der Waals surface area contributed by atoms with Crippen LogP contribution in [-0.4, -0.2) is 60.6 Å². The van der Waals surface area contributed by atoms with Gasteiger partial charge in [-0.1, -0.05) is 0 Å². The van der Waals surface area contributed by atoms with Gasteiger partial charge in [0.1, 0.15) is 6.33 Å². The van der Waals surface area contributed by atoms with E-state index in [0.717, 1.165) is 5.75 Å². The number of amides is 1. The van der Waals surface area contributed by atoms with Crippen LogP contribution < -0.4 is 0 Å². The predicted molar refractivity (Wildman–Crippen MR) is 77.4 cm³/mol. The second-order valence-electron chi connectivity index (χ2n) is 4.84. The highest BCUT2D eigenvalue weighted by Crippen LogP contribution is 2.21. The molecule has 1 unspecified atom stereocenters. The van der Waals surface area contributed by atoms with Crippen molar-refractivity contribution < 1.29 is 14.7 Å². The van der Waals surface area contributed by atoms with Crippen LogP contribution in [0.15, 0.2) is 24.7 Å². The minimum absolute atomic E-state index is 0.0202. The Balaban J connectivity index is 1.85. The topological polar surface area (TPSA) is 87.8 Å². The molecule has 0 saturated carbocycles. The molecule has 2 aromatic heterocycles. The molecule has 1 aliphatic rings. The molecule has 1 atom stereocenters.